The minimum Gasteiger partial charge on any atom is -0.381 e. The molecule has 0 saturated carbocycles. The summed E-state index contributed by atoms with van der Waals surface area (Å²) in [6, 6.07) is 15.0. The van der Waals surface area contributed by atoms with Crippen molar-refractivity contribution in [3.8, 4) is 0 Å². The molecule has 0 fully saturated rings. The Bertz CT molecular complexity index is 521. The number of benzene rings is 2. The van der Waals surface area contributed by atoms with E-state index in [1.54, 1.807) is 12.1 Å². The highest BCUT2D eigenvalue weighted by atomic mass is 35.5. The maximum atomic E-state index is 12.8. The molecule has 0 atom stereocenters. The monoisotopic (exact) mass is 308 g/mol. The smallest absolute Gasteiger partial charge is 0.123 e. The Morgan fingerprint density at radius 3 is 2.00 bits per heavy atom. The fourth-order valence-corrected chi connectivity index (χ4v) is 2.19. The Kier molecular flexibility index (Phi) is 7.03. The first-order valence-electron chi connectivity index (χ1n) is 7.06. The van der Waals surface area contributed by atoms with Crippen molar-refractivity contribution in [2.45, 2.75) is 20.4 Å². The molecule has 2 nitrogen and oxygen atoms in total. The highest BCUT2D eigenvalue weighted by molar-refractivity contribution is 5.85. The molecule has 0 aliphatic carbocycles. The molecular formula is C17H22ClFN2. The third-order valence-corrected chi connectivity index (χ3v) is 3.41. The van der Waals surface area contributed by atoms with Crippen LogP contribution in [0.25, 0.3) is 0 Å². The van der Waals surface area contributed by atoms with E-state index in [4.69, 9.17) is 0 Å². The fraction of sp³-hybridized carbons (Fsp3) is 0.294. The first-order chi connectivity index (χ1) is 9.72. The van der Waals surface area contributed by atoms with Gasteiger partial charge in [-0.2, -0.15) is 0 Å². The number of nitrogens with zero attached hydrogens (tertiary/aromatic N) is 1. The summed E-state index contributed by atoms with van der Waals surface area (Å²) < 4.78 is 12.8. The number of nitrogens with one attached hydrogen (secondary N) is 1. The van der Waals surface area contributed by atoms with E-state index in [1.165, 1.54) is 23.4 Å². The Morgan fingerprint density at radius 2 is 1.48 bits per heavy atom. The first kappa shape index (κ1) is 17.3. The van der Waals surface area contributed by atoms with E-state index in [-0.39, 0.29) is 18.2 Å². The molecule has 1 N–H and O–H groups in total. The largest absolute Gasteiger partial charge is 0.381 e. The van der Waals surface area contributed by atoms with Crippen LogP contribution in [0.5, 0.6) is 0 Å². The molecule has 0 heterocycles. The van der Waals surface area contributed by atoms with Crippen molar-refractivity contribution >= 4 is 23.8 Å². The lowest BCUT2D eigenvalue weighted by atomic mass is 10.2. The van der Waals surface area contributed by atoms with E-state index in [0.717, 1.165) is 25.3 Å². The maximum Gasteiger partial charge on any atom is 0.123 e. The zero-order chi connectivity index (χ0) is 14.4. The van der Waals surface area contributed by atoms with Crippen LogP contribution < -0.4 is 10.2 Å². The second kappa shape index (κ2) is 8.53. The predicted molar refractivity (Wildman–Crippen MR) is 91.0 cm³/mol. The van der Waals surface area contributed by atoms with Crippen molar-refractivity contribution in [1.29, 1.82) is 0 Å². The van der Waals surface area contributed by atoms with E-state index in [9.17, 15) is 4.39 Å². The van der Waals surface area contributed by atoms with E-state index < -0.39 is 0 Å². The number of halogens is 2. The van der Waals surface area contributed by atoms with Crippen molar-refractivity contribution in [1.82, 2.24) is 0 Å². The minimum atomic E-state index is -0.209. The Labute approximate surface area is 132 Å². The molecule has 0 unspecified atom stereocenters. The molecule has 4 heteroatoms. The summed E-state index contributed by atoms with van der Waals surface area (Å²) in [5.41, 5.74) is 3.39. The zero-order valence-corrected chi connectivity index (χ0v) is 13.3. The lowest BCUT2D eigenvalue weighted by molar-refractivity contribution is 0.628. The van der Waals surface area contributed by atoms with Crippen LogP contribution in [0.15, 0.2) is 48.5 Å². The summed E-state index contributed by atoms with van der Waals surface area (Å²) >= 11 is 0. The first-order valence-corrected chi connectivity index (χ1v) is 7.06. The second-order valence-corrected chi connectivity index (χ2v) is 4.70. The Hall–Kier alpha value is -1.74. The molecule has 0 radical (unpaired) electrons. The second-order valence-electron chi connectivity index (χ2n) is 4.70. The molecule has 114 valence electrons. The van der Waals surface area contributed by atoms with Gasteiger partial charge in [-0.15, -0.1) is 12.4 Å². The summed E-state index contributed by atoms with van der Waals surface area (Å²) in [6.07, 6.45) is 0. The Balaban J connectivity index is 0.00000220. The van der Waals surface area contributed by atoms with Gasteiger partial charge in [0.2, 0.25) is 0 Å². The topological polar surface area (TPSA) is 15.3 Å². The third kappa shape index (κ3) is 4.94. The Morgan fingerprint density at radius 1 is 0.905 bits per heavy atom. The molecule has 2 aromatic carbocycles. The summed E-state index contributed by atoms with van der Waals surface area (Å²) in [5, 5.41) is 3.28. The van der Waals surface area contributed by atoms with Gasteiger partial charge in [-0.25, -0.2) is 4.39 Å². The highest BCUT2D eigenvalue weighted by Gasteiger charge is 2.01. The molecule has 0 aromatic heterocycles. The van der Waals surface area contributed by atoms with Crippen LogP contribution in [-0.4, -0.2) is 13.1 Å². The molecule has 21 heavy (non-hydrogen) atoms. The van der Waals surface area contributed by atoms with E-state index in [0.29, 0.717) is 0 Å². The minimum absolute atomic E-state index is 0. The number of anilines is 2. The standard InChI is InChI=1S/C17H21FN2.ClH/c1-3-20(4-2)17-11-5-14(6-12-17)13-19-16-9-7-15(18)8-10-16;/h5-12,19H,3-4,13H2,1-2H3;1H. The van der Waals surface area contributed by atoms with Crippen LogP contribution in [-0.2, 0) is 6.54 Å². The SMILES string of the molecule is CCN(CC)c1ccc(CNc2ccc(F)cc2)cc1.Cl. The molecule has 0 aliphatic rings. The van der Waals surface area contributed by atoms with E-state index >= 15 is 0 Å². The number of hydrogen-bond donors (Lipinski definition) is 1. The summed E-state index contributed by atoms with van der Waals surface area (Å²) in [6.45, 7) is 7.10. The summed E-state index contributed by atoms with van der Waals surface area (Å²) in [5.74, 6) is -0.209. The highest BCUT2D eigenvalue weighted by Crippen LogP contribution is 2.16. The molecule has 2 aromatic rings. The molecule has 0 aliphatic heterocycles. The van der Waals surface area contributed by atoms with Gasteiger partial charge in [-0.3, -0.25) is 0 Å². The molecular weight excluding hydrogens is 287 g/mol. The van der Waals surface area contributed by atoms with Crippen molar-refractivity contribution in [2.24, 2.45) is 0 Å². The van der Waals surface area contributed by atoms with Gasteiger partial charge in [-0.1, -0.05) is 12.1 Å². The van der Waals surface area contributed by atoms with Crippen LogP contribution in [0.4, 0.5) is 15.8 Å². The van der Waals surface area contributed by atoms with Gasteiger partial charge in [0.15, 0.2) is 0 Å². The van der Waals surface area contributed by atoms with Crippen molar-refractivity contribution < 1.29 is 4.39 Å². The average molecular weight is 309 g/mol. The van der Waals surface area contributed by atoms with Crippen molar-refractivity contribution in [2.75, 3.05) is 23.3 Å². The van der Waals surface area contributed by atoms with Gasteiger partial charge in [0, 0.05) is 31.0 Å². The van der Waals surface area contributed by atoms with Crippen LogP contribution in [0.1, 0.15) is 19.4 Å². The molecule has 0 saturated heterocycles. The van der Waals surface area contributed by atoms with E-state index in [2.05, 4.69) is 48.3 Å². The van der Waals surface area contributed by atoms with Crippen LogP contribution in [0.3, 0.4) is 0 Å². The summed E-state index contributed by atoms with van der Waals surface area (Å²) in [7, 11) is 0. The van der Waals surface area contributed by atoms with Crippen LogP contribution in [0, 0.1) is 5.82 Å². The normalized spacial score (nSPS) is 9.86. The molecule has 0 bridgehead atoms. The number of rotatable bonds is 6. The zero-order valence-electron chi connectivity index (χ0n) is 12.5. The van der Waals surface area contributed by atoms with Crippen molar-refractivity contribution in [3.63, 3.8) is 0 Å². The lowest BCUT2D eigenvalue weighted by Gasteiger charge is -2.21. The quantitative estimate of drug-likeness (QED) is 0.831. The molecule has 0 spiro atoms. The van der Waals surface area contributed by atoms with Crippen LogP contribution >= 0.6 is 12.4 Å². The third-order valence-electron chi connectivity index (χ3n) is 3.41. The van der Waals surface area contributed by atoms with Gasteiger partial charge in [-0.05, 0) is 55.8 Å². The van der Waals surface area contributed by atoms with Gasteiger partial charge >= 0.3 is 0 Å². The summed E-state index contributed by atoms with van der Waals surface area (Å²) in [4.78, 5) is 2.32. The van der Waals surface area contributed by atoms with Gasteiger partial charge in [0.1, 0.15) is 5.82 Å². The fourth-order valence-electron chi connectivity index (χ4n) is 2.19. The van der Waals surface area contributed by atoms with Gasteiger partial charge < -0.3 is 10.2 Å². The number of hydrogen-bond acceptors (Lipinski definition) is 2. The average Bonchev–Trinajstić information content (AvgIpc) is 2.49. The van der Waals surface area contributed by atoms with Gasteiger partial charge in [0.25, 0.3) is 0 Å². The molecule has 0 amide bonds. The van der Waals surface area contributed by atoms with Crippen molar-refractivity contribution in [3.05, 3.63) is 59.9 Å². The molecule has 2 rings (SSSR count). The lowest BCUT2D eigenvalue weighted by Crippen LogP contribution is -2.21. The van der Waals surface area contributed by atoms with Gasteiger partial charge in [0.05, 0.1) is 0 Å². The maximum absolute atomic E-state index is 12.8. The predicted octanol–water partition coefficient (Wildman–Crippen LogP) is 4.71. The van der Waals surface area contributed by atoms with Crippen LogP contribution in [0.2, 0.25) is 0 Å². The van der Waals surface area contributed by atoms with E-state index in [1.807, 2.05) is 0 Å².